The molecule has 31 heavy (non-hydrogen) atoms. The summed E-state index contributed by atoms with van der Waals surface area (Å²) in [5.41, 5.74) is 1.17. The van der Waals surface area contributed by atoms with E-state index in [4.69, 9.17) is 4.74 Å². The van der Waals surface area contributed by atoms with Crippen molar-refractivity contribution in [3.8, 4) is 5.75 Å². The van der Waals surface area contributed by atoms with Crippen molar-refractivity contribution < 1.29 is 18.7 Å². The Bertz CT molecular complexity index is 901. The van der Waals surface area contributed by atoms with Crippen LogP contribution in [0.3, 0.4) is 0 Å². The highest BCUT2D eigenvalue weighted by molar-refractivity contribution is 5.94. The fraction of sp³-hybridized carbons (Fsp3) is 0.417. The second-order valence-corrected chi connectivity index (χ2v) is 8.81. The van der Waals surface area contributed by atoms with Crippen molar-refractivity contribution in [3.63, 3.8) is 0 Å². The predicted molar refractivity (Wildman–Crippen MR) is 117 cm³/mol. The molecule has 166 valence electrons. The fourth-order valence-electron chi connectivity index (χ4n) is 3.42. The normalized spacial score (nSPS) is 14.9. The summed E-state index contributed by atoms with van der Waals surface area (Å²) in [5, 5.41) is 2.97. The lowest BCUT2D eigenvalue weighted by atomic mass is 10.1. The average Bonchev–Trinajstić information content (AvgIpc) is 2.72. The van der Waals surface area contributed by atoms with E-state index in [9.17, 15) is 14.0 Å². The van der Waals surface area contributed by atoms with E-state index >= 15 is 0 Å². The molecule has 6 nitrogen and oxygen atoms in total. The van der Waals surface area contributed by atoms with Gasteiger partial charge in [-0.25, -0.2) is 4.39 Å². The van der Waals surface area contributed by atoms with Crippen molar-refractivity contribution in [2.24, 2.45) is 0 Å². The van der Waals surface area contributed by atoms with Gasteiger partial charge in [0.2, 0.25) is 5.91 Å². The van der Waals surface area contributed by atoms with Crippen LogP contribution in [0.1, 0.15) is 36.7 Å². The number of nitrogens with one attached hydrogen (secondary N) is 1. The number of ether oxygens (including phenoxy) is 1. The molecule has 1 aliphatic rings. The van der Waals surface area contributed by atoms with E-state index in [2.05, 4.69) is 10.2 Å². The lowest BCUT2D eigenvalue weighted by Crippen LogP contribution is -2.52. The maximum Gasteiger partial charge on any atom is 0.254 e. The first-order chi connectivity index (χ1) is 14.7. The molecule has 0 spiro atoms. The highest BCUT2D eigenvalue weighted by Crippen LogP contribution is 2.18. The topological polar surface area (TPSA) is 61.9 Å². The largest absolute Gasteiger partial charge is 0.489 e. The standard InChI is InChI=1S/C24H30FN3O3/c1-24(2,3)26-22(29)16-27-11-13-28(14-12-27)23(30)19-5-4-6-21(15-19)31-17-18-7-9-20(25)10-8-18/h4-10,15H,11-14,16-17H2,1-3H3,(H,26,29). The summed E-state index contributed by atoms with van der Waals surface area (Å²) in [6, 6.07) is 13.2. The lowest BCUT2D eigenvalue weighted by molar-refractivity contribution is -0.124. The van der Waals surface area contributed by atoms with Crippen LogP contribution >= 0.6 is 0 Å². The van der Waals surface area contributed by atoms with Crippen LogP contribution < -0.4 is 10.1 Å². The molecule has 0 saturated carbocycles. The Hall–Kier alpha value is -2.93. The van der Waals surface area contributed by atoms with E-state index < -0.39 is 0 Å². The predicted octanol–water partition coefficient (Wildman–Crippen LogP) is 3.08. The maximum atomic E-state index is 13.0. The fourth-order valence-corrected chi connectivity index (χ4v) is 3.42. The zero-order chi connectivity index (χ0) is 22.4. The highest BCUT2D eigenvalue weighted by atomic mass is 19.1. The SMILES string of the molecule is CC(C)(C)NC(=O)CN1CCN(C(=O)c2cccc(OCc3ccc(F)cc3)c2)CC1. The number of piperazine rings is 1. The number of hydrogen-bond donors (Lipinski definition) is 1. The first-order valence-electron chi connectivity index (χ1n) is 10.5. The van der Waals surface area contributed by atoms with Gasteiger partial charge in [-0.1, -0.05) is 18.2 Å². The van der Waals surface area contributed by atoms with Gasteiger partial charge < -0.3 is 15.0 Å². The summed E-state index contributed by atoms with van der Waals surface area (Å²) in [5.74, 6) is 0.253. The van der Waals surface area contributed by atoms with Crippen molar-refractivity contribution in [2.75, 3.05) is 32.7 Å². The van der Waals surface area contributed by atoms with E-state index in [1.54, 1.807) is 41.3 Å². The van der Waals surface area contributed by atoms with Gasteiger partial charge in [-0.3, -0.25) is 14.5 Å². The molecule has 3 rings (SSSR count). The first kappa shape index (κ1) is 22.7. The van der Waals surface area contributed by atoms with Gasteiger partial charge in [-0.05, 0) is 56.7 Å². The van der Waals surface area contributed by atoms with Crippen molar-refractivity contribution in [3.05, 3.63) is 65.5 Å². The minimum atomic E-state index is -0.286. The molecule has 2 aromatic rings. The quantitative estimate of drug-likeness (QED) is 0.770. The van der Waals surface area contributed by atoms with E-state index in [1.165, 1.54) is 12.1 Å². The molecule has 1 fully saturated rings. The van der Waals surface area contributed by atoms with Gasteiger partial charge in [0.05, 0.1) is 6.54 Å². The third kappa shape index (κ3) is 7.07. The van der Waals surface area contributed by atoms with Gasteiger partial charge in [0.15, 0.2) is 0 Å². The van der Waals surface area contributed by atoms with Crippen LogP contribution in [-0.2, 0) is 11.4 Å². The Balaban J connectivity index is 1.51. The Morgan fingerprint density at radius 3 is 2.35 bits per heavy atom. The van der Waals surface area contributed by atoms with Crippen LogP contribution in [0.5, 0.6) is 5.75 Å². The smallest absolute Gasteiger partial charge is 0.254 e. The molecule has 1 N–H and O–H groups in total. The molecule has 1 saturated heterocycles. The van der Waals surface area contributed by atoms with Gasteiger partial charge in [0.1, 0.15) is 18.2 Å². The molecule has 0 radical (unpaired) electrons. The summed E-state index contributed by atoms with van der Waals surface area (Å²) < 4.78 is 18.8. The van der Waals surface area contributed by atoms with Crippen molar-refractivity contribution in [2.45, 2.75) is 32.9 Å². The molecule has 0 aromatic heterocycles. The lowest BCUT2D eigenvalue weighted by Gasteiger charge is -2.35. The molecule has 0 atom stereocenters. The molecular formula is C24H30FN3O3. The molecule has 1 heterocycles. The van der Waals surface area contributed by atoms with Gasteiger partial charge in [0, 0.05) is 37.3 Å². The first-order valence-corrected chi connectivity index (χ1v) is 10.5. The third-order valence-electron chi connectivity index (χ3n) is 4.94. The van der Waals surface area contributed by atoms with Crippen molar-refractivity contribution in [1.82, 2.24) is 15.1 Å². The number of rotatable bonds is 6. The van der Waals surface area contributed by atoms with Gasteiger partial charge in [-0.15, -0.1) is 0 Å². The van der Waals surface area contributed by atoms with Crippen molar-refractivity contribution >= 4 is 11.8 Å². The van der Waals surface area contributed by atoms with Crippen LogP contribution in [0.25, 0.3) is 0 Å². The molecule has 2 amide bonds. The molecular weight excluding hydrogens is 397 g/mol. The number of halogens is 1. The van der Waals surface area contributed by atoms with Crippen molar-refractivity contribution in [1.29, 1.82) is 0 Å². The maximum absolute atomic E-state index is 13.0. The minimum absolute atomic E-state index is 0.00159. The van der Waals surface area contributed by atoms with E-state index in [-0.39, 0.29) is 23.2 Å². The minimum Gasteiger partial charge on any atom is -0.489 e. The molecule has 1 aliphatic heterocycles. The molecule has 0 bridgehead atoms. The highest BCUT2D eigenvalue weighted by Gasteiger charge is 2.24. The summed E-state index contributed by atoms with van der Waals surface area (Å²) in [4.78, 5) is 28.9. The van der Waals surface area contributed by atoms with Crippen LogP contribution in [0.2, 0.25) is 0 Å². The number of amides is 2. The Morgan fingerprint density at radius 2 is 1.71 bits per heavy atom. The Labute approximate surface area is 183 Å². The second-order valence-electron chi connectivity index (χ2n) is 8.81. The van der Waals surface area contributed by atoms with E-state index in [0.29, 0.717) is 50.6 Å². The summed E-state index contributed by atoms with van der Waals surface area (Å²) in [6.45, 7) is 8.97. The Kier molecular flexibility index (Phi) is 7.28. The monoisotopic (exact) mass is 427 g/mol. The zero-order valence-electron chi connectivity index (χ0n) is 18.4. The zero-order valence-corrected chi connectivity index (χ0v) is 18.4. The van der Waals surface area contributed by atoms with Crippen LogP contribution in [-0.4, -0.2) is 59.9 Å². The Morgan fingerprint density at radius 1 is 1.03 bits per heavy atom. The van der Waals surface area contributed by atoms with Gasteiger partial charge >= 0.3 is 0 Å². The molecule has 0 aliphatic carbocycles. The summed E-state index contributed by atoms with van der Waals surface area (Å²) in [6.07, 6.45) is 0. The average molecular weight is 428 g/mol. The number of carbonyl (C=O) groups is 2. The van der Waals surface area contributed by atoms with Crippen LogP contribution in [0.4, 0.5) is 4.39 Å². The summed E-state index contributed by atoms with van der Waals surface area (Å²) in [7, 11) is 0. The molecule has 2 aromatic carbocycles. The van der Waals surface area contributed by atoms with Crippen LogP contribution in [0.15, 0.2) is 48.5 Å². The van der Waals surface area contributed by atoms with Crippen LogP contribution in [0, 0.1) is 5.82 Å². The third-order valence-corrected chi connectivity index (χ3v) is 4.94. The second kappa shape index (κ2) is 9.92. The molecule has 0 unspecified atom stereocenters. The van der Waals surface area contributed by atoms with E-state index in [1.807, 2.05) is 20.8 Å². The number of nitrogens with zero attached hydrogens (tertiary/aromatic N) is 2. The molecule has 7 heteroatoms. The number of carbonyl (C=O) groups excluding carboxylic acids is 2. The van der Waals surface area contributed by atoms with E-state index in [0.717, 1.165) is 5.56 Å². The number of hydrogen-bond acceptors (Lipinski definition) is 4. The number of benzene rings is 2. The summed E-state index contributed by atoms with van der Waals surface area (Å²) >= 11 is 0. The van der Waals surface area contributed by atoms with Gasteiger partial charge in [0.25, 0.3) is 5.91 Å². The van der Waals surface area contributed by atoms with Gasteiger partial charge in [-0.2, -0.15) is 0 Å².